The third-order valence-corrected chi connectivity index (χ3v) is 3.56. The van der Waals surface area contributed by atoms with Crippen molar-refractivity contribution in [1.82, 2.24) is 4.90 Å². The van der Waals surface area contributed by atoms with E-state index in [4.69, 9.17) is 9.47 Å². The van der Waals surface area contributed by atoms with Crippen LogP contribution in [0.3, 0.4) is 0 Å². The molecule has 1 heterocycles. The molecular formula is C15H20FNO3. The van der Waals surface area contributed by atoms with Crippen LogP contribution in [0.2, 0.25) is 0 Å². The Balaban J connectivity index is 2.12. The van der Waals surface area contributed by atoms with Crippen LogP contribution in [0.4, 0.5) is 4.39 Å². The predicted octanol–water partition coefficient (Wildman–Crippen LogP) is 2.13. The first-order valence-corrected chi connectivity index (χ1v) is 6.76. The number of benzene rings is 1. The highest BCUT2D eigenvalue weighted by atomic mass is 19.1. The number of methoxy groups -OCH3 is 1. The molecule has 0 spiro atoms. The quantitative estimate of drug-likeness (QED) is 0.793. The molecule has 0 bridgehead atoms. The molecule has 0 radical (unpaired) electrons. The summed E-state index contributed by atoms with van der Waals surface area (Å²) in [5, 5.41) is 0. The summed E-state index contributed by atoms with van der Waals surface area (Å²) < 4.78 is 24.0. The minimum Gasteiger partial charge on any atom is -0.494 e. The van der Waals surface area contributed by atoms with Gasteiger partial charge in [0.15, 0.2) is 17.3 Å². The second-order valence-corrected chi connectivity index (χ2v) is 5.16. The van der Waals surface area contributed by atoms with Crippen molar-refractivity contribution >= 4 is 5.78 Å². The Bertz CT molecular complexity index is 490. The molecule has 1 aliphatic heterocycles. The maximum Gasteiger partial charge on any atom is 0.192 e. The largest absolute Gasteiger partial charge is 0.494 e. The van der Waals surface area contributed by atoms with Gasteiger partial charge in [-0.25, -0.2) is 4.39 Å². The highest BCUT2D eigenvalue weighted by Gasteiger charge is 2.28. The molecule has 2 rings (SSSR count). The van der Waals surface area contributed by atoms with Gasteiger partial charge in [-0.05, 0) is 32.0 Å². The van der Waals surface area contributed by atoms with Crippen LogP contribution in [0.25, 0.3) is 0 Å². The van der Waals surface area contributed by atoms with Gasteiger partial charge in [0, 0.05) is 24.7 Å². The number of carbonyl (C=O) groups is 1. The average Bonchev–Trinajstić information content (AvgIpc) is 2.46. The molecule has 1 aromatic rings. The highest BCUT2D eigenvalue weighted by molar-refractivity contribution is 5.99. The van der Waals surface area contributed by atoms with Gasteiger partial charge in [0.25, 0.3) is 0 Å². The van der Waals surface area contributed by atoms with Gasteiger partial charge in [-0.1, -0.05) is 0 Å². The van der Waals surface area contributed by atoms with Crippen LogP contribution in [-0.4, -0.2) is 49.6 Å². The Kier molecular flexibility index (Phi) is 4.73. The van der Waals surface area contributed by atoms with Gasteiger partial charge < -0.3 is 9.47 Å². The molecule has 5 heteroatoms. The molecular weight excluding hydrogens is 261 g/mol. The van der Waals surface area contributed by atoms with Crippen molar-refractivity contribution in [2.75, 3.05) is 26.8 Å². The van der Waals surface area contributed by atoms with Crippen LogP contribution < -0.4 is 4.74 Å². The fourth-order valence-electron chi connectivity index (χ4n) is 2.30. The number of halogens is 1. The van der Waals surface area contributed by atoms with E-state index in [2.05, 4.69) is 18.7 Å². The molecule has 4 nitrogen and oxygen atoms in total. The molecule has 1 atom stereocenters. The molecule has 0 N–H and O–H groups in total. The van der Waals surface area contributed by atoms with Crippen molar-refractivity contribution in [2.45, 2.75) is 26.0 Å². The van der Waals surface area contributed by atoms with Gasteiger partial charge in [0.05, 0.1) is 13.7 Å². The van der Waals surface area contributed by atoms with Crippen molar-refractivity contribution in [3.05, 3.63) is 29.6 Å². The predicted molar refractivity (Wildman–Crippen MR) is 73.7 cm³/mol. The van der Waals surface area contributed by atoms with Crippen molar-refractivity contribution in [2.24, 2.45) is 0 Å². The van der Waals surface area contributed by atoms with E-state index in [1.54, 1.807) is 6.07 Å². The minimum absolute atomic E-state index is 0.134. The van der Waals surface area contributed by atoms with Gasteiger partial charge in [-0.2, -0.15) is 0 Å². The zero-order chi connectivity index (χ0) is 14.7. The van der Waals surface area contributed by atoms with Gasteiger partial charge >= 0.3 is 0 Å². The number of Topliss-reactive ketones (excluding diaryl/α,β-unsaturated/α-hetero) is 1. The monoisotopic (exact) mass is 281 g/mol. The SMILES string of the molecule is COc1ccc(C(=O)C2CN(C(C)C)CCO2)cc1F. The number of ether oxygens (including phenoxy) is 2. The summed E-state index contributed by atoms with van der Waals surface area (Å²) in [5.41, 5.74) is 0.318. The molecule has 0 aromatic heterocycles. The summed E-state index contributed by atoms with van der Waals surface area (Å²) in [6, 6.07) is 4.61. The lowest BCUT2D eigenvalue weighted by Crippen LogP contribution is -2.48. The number of carbonyl (C=O) groups excluding carboxylic acids is 1. The molecule has 0 amide bonds. The van der Waals surface area contributed by atoms with Crippen molar-refractivity contribution in [3.8, 4) is 5.75 Å². The first kappa shape index (κ1) is 14.9. The van der Waals surface area contributed by atoms with Crippen molar-refractivity contribution in [3.63, 3.8) is 0 Å². The fourth-order valence-corrected chi connectivity index (χ4v) is 2.30. The molecule has 1 saturated heterocycles. The van der Waals surface area contributed by atoms with Crippen LogP contribution in [0.5, 0.6) is 5.75 Å². The highest BCUT2D eigenvalue weighted by Crippen LogP contribution is 2.20. The normalized spacial score (nSPS) is 20.1. The van der Waals surface area contributed by atoms with E-state index in [1.165, 1.54) is 19.2 Å². The number of hydrogen-bond donors (Lipinski definition) is 0. The Morgan fingerprint density at radius 1 is 1.50 bits per heavy atom. The number of morpholine rings is 1. The summed E-state index contributed by atoms with van der Waals surface area (Å²) in [5.74, 6) is -0.582. The molecule has 1 unspecified atom stereocenters. The van der Waals surface area contributed by atoms with Gasteiger partial charge in [-0.15, -0.1) is 0 Å². The van der Waals surface area contributed by atoms with E-state index < -0.39 is 11.9 Å². The number of rotatable bonds is 4. The lowest BCUT2D eigenvalue weighted by atomic mass is 10.0. The van der Waals surface area contributed by atoms with Crippen molar-refractivity contribution in [1.29, 1.82) is 0 Å². The third kappa shape index (κ3) is 3.16. The van der Waals surface area contributed by atoms with E-state index in [0.29, 0.717) is 24.8 Å². The maximum atomic E-state index is 13.7. The minimum atomic E-state index is -0.533. The molecule has 1 fully saturated rings. The number of hydrogen-bond acceptors (Lipinski definition) is 4. The van der Waals surface area contributed by atoms with Crippen LogP contribution in [0.1, 0.15) is 24.2 Å². The molecule has 0 aliphatic carbocycles. The van der Waals surface area contributed by atoms with Crippen LogP contribution >= 0.6 is 0 Å². The van der Waals surface area contributed by atoms with Gasteiger partial charge in [0.1, 0.15) is 6.10 Å². The molecule has 1 aromatic carbocycles. The molecule has 110 valence electrons. The maximum absolute atomic E-state index is 13.7. The molecule has 1 aliphatic rings. The summed E-state index contributed by atoms with van der Waals surface area (Å²) in [4.78, 5) is 14.5. The van der Waals surface area contributed by atoms with Crippen molar-refractivity contribution < 1.29 is 18.7 Å². The Morgan fingerprint density at radius 3 is 2.85 bits per heavy atom. The number of ketones is 1. The Hall–Kier alpha value is -1.46. The first-order valence-electron chi connectivity index (χ1n) is 6.76. The van der Waals surface area contributed by atoms with Crippen LogP contribution in [0, 0.1) is 5.82 Å². The number of nitrogens with zero attached hydrogens (tertiary/aromatic N) is 1. The Morgan fingerprint density at radius 2 is 2.25 bits per heavy atom. The lowest BCUT2D eigenvalue weighted by molar-refractivity contribution is -0.0256. The third-order valence-electron chi connectivity index (χ3n) is 3.56. The smallest absolute Gasteiger partial charge is 0.192 e. The summed E-state index contributed by atoms with van der Waals surface area (Å²) in [6.07, 6.45) is -0.529. The van der Waals surface area contributed by atoms with Gasteiger partial charge in [-0.3, -0.25) is 9.69 Å². The van der Waals surface area contributed by atoms with Crippen LogP contribution in [-0.2, 0) is 4.74 Å². The van der Waals surface area contributed by atoms with E-state index in [9.17, 15) is 9.18 Å². The second kappa shape index (κ2) is 6.33. The van der Waals surface area contributed by atoms with Gasteiger partial charge in [0.2, 0.25) is 0 Å². The summed E-state index contributed by atoms with van der Waals surface area (Å²) in [6.45, 7) is 6.05. The molecule has 20 heavy (non-hydrogen) atoms. The fraction of sp³-hybridized carbons (Fsp3) is 0.533. The zero-order valence-corrected chi connectivity index (χ0v) is 12.1. The summed E-state index contributed by atoms with van der Waals surface area (Å²) >= 11 is 0. The Labute approximate surface area is 118 Å². The first-order chi connectivity index (χ1) is 9.52. The molecule has 0 saturated carbocycles. The topological polar surface area (TPSA) is 38.8 Å². The lowest BCUT2D eigenvalue weighted by Gasteiger charge is -2.34. The second-order valence-electron chi connectivity index (χ2n) is 5.16. The zero-order valence-electron chi connectivity index (χ0n) is 12.1. The van der Waals surface area contributed by atoms with E-state index in [0.717, 1.165) is 6.54 Å². The van der Waals surface area contributed by atoms with E-state index in [1.807, 2.05) is 0 Å². The van der Waals surface area contributed by atoms with Crippen LogP contribution in [0.15, 0.2) is 18.2 Å². The average molecular weight is 281 g/mol. The van der Waals surface area contributed by atoms with E-state index in [-0.39, 0.29) is 11.5 Å². The van der Waals surface area contributed by atoms with E-state index >= 15 is 0 Å². The standard InChI is InChI=1S/C15H20FNO3/c1-10(2)17-6-7-20-14(9-17)15(18)11-4-5-13(19-3)12(16)8-11/h4-5,8,10,14H,6-7,9H2,1-3H3. The summed E-state index contributed by atoms with van der Waals surface area (Å²) in [7, 11) is 1.39.